The number of aromatic nitrogens is 1. The van der Waals surface area contributed by atoms with Crippen molar-refractivity contribution in [1.29, 1.82) is 0 Å². The largest absolute Gasteiger partial charge is 0.361 e. The number of carbonyl (C=O) groups is 1. The fraction of sp³-hybridized carbons (Fsp3) is 0.333. The highest BCUT2D eigenvalue weighted by atomic mass is 19.1. The van der Waals surface area contributed by atoms with Crippen molar-refractivity contribution in [2.75, 3.05) is 6.54 Å². The van der Waals surface area contributed by atoms with Crippen molar-refractivity contribution in [1.82, 2.24) is 15.4 Å². The fourth-order valence-corrected chi connectivity index (χ4v) is 4.03. The predicted octanol–water partition coefficient (Wildman–Crippen LogP) is 3.72. The number of nitrogens with zero attached hydrogens (tertiary/aromatic N) is 2. The lowest BCUT2D eigenvalue weighted by atomic mass is 9.93. The van der Waals surface area contributed by atoms with Crippen molar-refractivity contribution in [2.45, 2.75) is 45.8 Å². The average molecular weight is 407 g/mol. The summed E-state index contributed by atoms with van der Waals surface area (Å²) in [6, 6.07) is 14.4. The third-order valence-electron chi connectivity index (χ3n) is 5.82. The van der Waals surface area contributed by atoms with Gasteiger partial charge >= 0.3 is 0 Å². The summed E-state index contributed by atoms with van der Waals surface area (Å²) >= 11 is 0. The zero-order valence-corrected chi connectivity index (χ0v) is 17.3. The highest BCUT2D eigenvalue weighted by Gasteiger charge is 2.32. The molecule has 0 bridgehead atoms. The Morgan fingerprint density at radius 3 is 2.60 bits per heavy atom. The van der Waals surface area contributed by atoms with Crippen LogP contribution in [-0.4, -0.2) is 28.6 Å². The number of rotatable bonds is 6. The first-order valence-corrected chi connectivity index (χ1v) is 10.3. The van der Waals surface area contributed by atoms with E-state index in [0.29, 0.717) is 32.5 Å². The van der Waals surface area contributed by atoms with Gasteiger partial charge in [-0.15, -0.1) is 0 Å². The minimum atomic E-state index is -0.262. The van der Waals surface area contributed by atoms with E-state index in [-0.39, 0.29) is 17.8 Å². The second-order valence-corrected chi connectivity index (χ2v) is 7.86. The van der Waals surface area contributed by atoms with Crippen molar-refractivity contribution in [3.63, 3.8) is 0 Å². The smallest absolute Gasteiger partial charge is 0.237 e. The van der Waals surface area contributed by atoms with Crippen LogP contribution in [0.2, 0.25) is 0 Å². The normalized spacial score (nSPS) is 16.3. The van der Waals surface area contributed by atoms with Crippen LogP contribution >= 0.6 is 0 Å². The summed E-state index contributed by atoms with van der Waals surface area (Å²) in [6.45, 7) is 5.68. The van der Waals surface area contributed by atoms with E-state index in [0.717, 1.165) is 22.6 Å². The van der Waals surface area contributed by atoms with Gasteiger partial charge in [0.25, 0.3) is 0 Å². The number of fused-ring (bicyclic) bond motifs is 1. The lowest BCUT2D eigenvalue weighted by Gasteiger charge is -2.36. The monoisotopic (exact) mass is 407 g/mol. The van der Waals surface area contributed by atoms with E-state index in [2.05, 4.69) is 27.5 Å². The molecule has 1 aromatic heterocycles. The van der Waals surface area contributed by atoms with Gasteiger partial charge in [-0.1, -0.05) is 41.6 Å². The molecule has 1 N–H and O–H groups in total. The third kappa shape index (κ3) is 4.44. The maximum atomic E-state index is 13.1. The van der Waals surface area contributed by atoms with E-state index in [1.165, 1.54) is 23.3 Å². The number of aryl methyl sites for hydroxylation is 2. The molecule has 1 unspecified atom stereocenters. The van der Waals surface area contributed by atoms with Gasteiger partial charge in [-0.3, -0.25) is 9.69 Å². The molecule has 4 rings (SSSR count). The highest BCUT2D eigenvalue weighted by molar-refractivity contribution is 5.82. The summed E-state index contributed by atoms with van der Waals surface area (Å²) in [7, 11) is 0. The summed E-state index contributed by atoms with van der Waals surface area (Å²) in [5, 5.41) is 7.13. The van der Waals surface area contributed by atoms with Gasteiger partial charge in [0.05, 0.1) is 11.7 Å². The van der Waals surface area contributed by atoms with Gasteiger partial charge < -0.3 is 9.84 Å². The van der Waals surface area contributed by atoms with Gasteiger partial charge in [0.1, 0.15) is 11.6 Å². The Morgan fingerprint density at radius 2 is 1.90 bits per heavy atom. The minimum absolute atomic E-state index is 0.0124. The molecule has 5 nitrogen and oxygen atoms in total. The van der Waals surface area contributed by atoms with Crippen LogP contribution in [0.15, 0.2) is 53.1 Å². The van der Waals surface area contributed by atoms with Crippen LogP contribution in [0, 0.1) is 19.7 Å². The number of carbonyl (C=O) groups excluding carboxylic acids is 1. The summed E-state index contributed by atoms with van der Waals surface area (Å²) in [5.41, 5.74) is 5.37. The topological polar surface area (TPSA) is 58.4 Å². The SMILES string of the molecule is Cc1noc(C)c1CN1Cc2ccccc2CC1C(=O)NCCc1ccc(F)cc1. The van der Waals surface area contributed by atoms with Crippen molar-refractivity contribution < 1.29 is 13.7 Å². The minimum Gasteiger partial charge on any atom is -0.361 e. The van der Waals surface area contributed by atoms with Crippen LogP contribution in [0.5, 0.6) is 0 Å². The second-order valence-electron chi connectivity index (χ2n) is 7.86. The molecule has 156 valence electrons. The molecule has 1 aliphatic rings. The lowest BCUT2D eigenvalue weighted by molar-refractivity contribution is -0.127. The maximum Gasteiger partial charge on any atom is 0.237 e. The number of halogens is 1. The van der Waals surface area contributed by atoms with Crippen LogP contribution in [-0.2, 0) is 30.7 Å². The molecule has 0 aliphatic carbocycles. The molecule has 6 heteroatoms. The first-order chi connectivity index (χ1) is 14.5. The van der Waals surface area contributed by atoms with Gasteiger partial charge in [0, 0.05) is 25.2 Å². The predicted molar refractivity (Wildman–Crippen MR) is 112 cm³/mol. The van der Waals surface area contributed by atoms with Crippen LogP contribution in [0.4, 0.5) is 4.39 Å². The zero-order chi connectivity index (χ0) is 21.1. The first kappa shape index (κ1) is 20.3. The van der Waals surface area contributed by atoms with Gasteiger partial charge in [-0.2, -0.15) is 0 Å². The Labute approximate surface area is 175 Å². The number of benzene rings is 2. The van der Waals surface area contributed by atoms with E-state index in [4.69, 9.17) is 4.52 Å². The van der Waals surface area contributed by atoms with E-state index in [1.54, 1.807) is 12.1 Å². The molecule has 30 heavy (non-hydrogen) atoms. The summed E-state index contributed by atoms with van der Waals surface area (Å²) in [4.78, 5) is 15.3. The Balaban J connectivity index is 1.47. The molecule has 0 saturated carbocycles. The molecule has 0 saturated heterocycles. The Kier molecular flexibility index (Phi) is 5.95. The van der Waals surface area contributed by atoms with Gasteiger partial charge in [0.2, 0.25) is 5.91 Å². The lowest BCUT2D eigenvalue weighted by Crippen LogP contribution is -2.50. The van der Waals surface area contributed by atoms with Gasteiger partial charge in [0.15, 0.2) is 0 Å². The Bertz CT molecular complexity index is 1010. The Morgan fingerprint density at radius 1 is 1.17 bits per heavy atom. The number of hydrogen-bond donors (Lipinski definition) is 1. The third-order valence-corrected chi connectivity index (χ3v) is 5.82. The van der Waals surface area contributed by atoms with E-state index in [9.17, 15) is 9.18 Å². The highest BCUT2D eigenvalue weighted by Crippen LogP contribution is 2.26. The van der Waals surface area contributed by atoms with E-state index >= 15 is 0 Å². The van der Waals surface area contributed by atoms with Crippen LogP contribution < -0.4 is 5.32 Å². The Hall–Kier alpha value is -2.99. The van der Waals surface area contributed by atoms with Crippen molar-refractivity contribution >= 4 is 5.91 Å². The molecule has 1 amide bonds. The van der Waals surface area contributed by atoms with Crippen molar-refractivity contribution in [3.05, 3.63) is 88.1 Å². The van der Waals surface area contributed by atoms with E-state index in [1.807, 2.05) is 26.0 Å². The molecule has 0 fully saturated rings. The molecule has 3 aromatic rings. The van der Waals surface area contributed by atoms with Crippen LogP contribution in [0.25, 0.3) is 0 Å². The molecule has 2 aromatic carbocycles. The van der Waals surface area contributed by atoms with Crippen LogP contribution in [0.3, 0.4) is 0 Å². The summed E-state index contributed by atoms with van der Waals surface area (Å²) in [6.07, 6.45) is 1.33. The van der Waals surface area contributed by atoms with Gasteiger partial charge in [-0.05, 0) is 55.5 Å². The van der Waals surface area contributed by atoms with Crippen molar-refractivity contribution in [3.8, 4) is 0 Å². The van der Waals surface area contributed by atoms with Gasteiger partial charge in [-0.25, -0.2) is 4.39 Å². The first-order valence-electron chi connectivity index (χ1n) is 10.3. The molecule has 0 radical (unpaired) electrons. The average Bonchev–Trinajstić information content (AvgIpc) is 3.06. The molecule has 0 spiro atoms. The number of hydrogen-bond acceptors (Lipinski definition) is 4. The zero-order valence-electron chi connectivity index (χ0n) is 17.3. The summed E-state index contributed by atoms with van der Waals surface area (Å²) in [5.74, 6) is 0.554. The molecular weight excluding hydrogens is 381 g/mol. The molecular formula is C24H26FN3O2. The standard InChI is InChI=1S/C24H26FN3O2/c1-16-22(17(2)30-27-16)15-28-14-20-6-4-3-5-19(20)13-23(28)24(29)26-12-11-18-7-9-21(25)10-8-18/h3-10,23H,11-15H2,1-2H3,(H,26,29). The molecule has 2 heterocycles. The second kappa shape index (κ2) is 8.79. The molecule has 1 aliphatic heterocycles. The quantitative estimate of drug-likeness (QED) is 0.677. The van der Waals surface area contributed by atoms with Crippen molar-refractivity contribution in [2.24, 2.45) is 0 Å². The number of amides is 1. The fourth-order valence-electron chi connectivity index (χ4n) is 4.03. The molecule has 1 atom stereocenters. The number of nitrogens with one attached hydrogen (secondary N) is 1. The maximum absolute atomic E-state index is 13.1. The van der Waals surface area contributed by atoms with Crippen LogP contribution in [0.1, 0.15) is 33.7 Å². The summed E-state index contributed by atoms with van der Waals surface area (Å²) < 4.78 is 18.4. The van der Waals surface area contributed by atoms with E-state index < -0.39 is 0 Å².